The molecule has 0 spiro atoms. The molecule has 14 heavy (non-hydrogen) atoms. The number of nitrogens with two attached hydrogens (primary N) is 1. The highest BCUT2D eigenvalue weighted by atomic mass is 19.4. The molecule has 0 fully saturated rings. The molecule has 0 saturated carbocycles. The fourth-order valence-electron chi connectivity index (χ4n) is 0.918. The largest absolute Gasteiger partial charge is 0.414 e. The van der Waals surface area contributed by atoms with Crippen LogP contribution in [-0.4, -0.2) is 30.9 Å². The summed E-state index contributed by atoms with van der Waals surface area (Å²) in [5.41, 5.74) is 6.22. The number of nitrogens with zero attached hydrogens (tertiary/aromatic N) is 1. The molecule has 1 aliphatic rings. The summed E-state index contributed by atoms with van der Waals surface area (Å²) in [5, 5.41) is 1.12. The predicted octanol–water partition coefficient (Wildman–Crippen LogP) is 1.19. The van der Waals surface area contributed by atoms with Gasteiger partial charge in [-0.1, -0.05) is 6.08 Å². The number of hydrogen-bond acceptors (Lipinski definition) is 3. The molecule has 0 saturated heterocycles. The van der Waals surface area contributed by atoms with E-state index in [1.807, 2.05) is 0 Å². The van der Waals surface area contributed by atoms with E-state index in [1.54, 1.807) is 12.2 Å². The van der Waals surface area contributed by atoms with E-state index in [1.165, 1.54) is 6.20 Å². The van der Waals surface area contributed by atoms with Crippen molar-refractivity contribution in [2.45, 2.75) is 6.18 Å². The van der Waals surface area contributed by atoms with Gasteiger partial charge in [-0.3, -0.25) is 9.90 Å². The number of hydrogen-bond donors (Lipinski definition) is 1. The highest BCUT2D eigenvalue weighted by molar-refractivity contribution is 5.22. The summed E-state index contributed by atoms with van der Waals surface area (Å²) in [6, 6.07) is 0. The van der Waals surface area contributed by atoms with Gasteiger partial charge in [-0.25, -0.2) is 0 Å². The van der Waals surface area contributed by atoms with E-state index in [-0.39, 0.29) is 0 Å². The van der Waals surface area contributed by atoms with Gasteiger partial charge in [0.25, 0.3) is 0 Å². The van der Waals surface area contributed by atoms with E-state index in [0.717, 1.165) is 10.6 Å². The highest BCUT2D eigenvalue weighted by Crippen LogP contribution is 2.16. The van der Waals surface area contributed by atoms with Crippen LogP contribution in [0.15, 0.2) is 23.9 Å². The molecule has 0 unspecified atom stereocenters. The number of hydroxylamine groups is 2. The highest BCUT2D eigenvalue weighted by Gasteiger charge is 2.28. The van der Waals surface area contributed by atoms with Crippen LogP contribution >= 0.6 is 0 Å². The van der Waals surface area contributed by atoms with Gasteiger partial charge in [-0.15, -0.1) is 0 Å². The summed E-state index contributed by atoms with van der Waals surface area (Å²) in [4.78, 5) is 4.48. The molecule has 6 heteroatoms. The summed E-state index contributed by atoms with van der Waals surface area (Å²) in [7, 11) is 0. The standard InChI is InChI=1S/C8H11F3N2O/c9-8(10,11)6-14-13-3-1-7(5-12)2-4-13/h1-3H,4-6,12H2. The molecular formula is C8H11F3N2O. The van der Waals surface area contributed by atoms with Crippen LogP contribution in [0.25, 0.3) is 0 Å². The summed E-state index contributed by atoms with van der Waals surface area (Å²) < 4.78 is 35.2. The van der Waals surface area contributed by atoms with Crippen molar-refractivity contribution < 1.29 is 18.0 Å². The number of rotatable bonds is 3. The van der Waals surface area contributed by atoms with Crippen LogP contribution in [-0.2, 0) is 4.84 Å². The van der Waals surface area contributed by atoms with Gasteiger partial charge in [0.1, 0.15) is 0 Å². The van der Waals surface area contributed by atoms with Crippen molar-refractivity contribution in [2.75, 3.05) is 19.7 Å². The maximum atomic E-state index is 11.7. The lowest BCUT2D eigenvalue weighted by atomic mass is 10.2. The molecule has 0 atom stereocenters. The first-order chi connectivity index (χ1) is 6.51. The minimum absolute atomic E-state index is 0.291. The smallest absolute Gasteiger partial charge is 0.327 e. The topological polar surface area (TPSA) is 38.5 Å². The van der Waals surface area contributed by atoms with Crippen LogP contribution < -0.4 is 5.73 Å². The maximum absolute atomic E-state index is 11.7. The van der Waals surface area contributed by atoms with Crippen LogP contribution in [0.2, 0.25) is 0 Å². The van der Waals surface area contributed by atoms with Gasteiger partial charge in [-0.05, 0) is 11.6 Å². The van der Waals surface area contributed by atoms with Crippen LogP contribution in [0.4, 0.5) is 13.2 Å². The Morgan fingerprint density at radius 1 is 1.50 bits per heavy atom. The van der Waals surface area contributed by atoms with Crippen molar-refractivity contribution >= 4 is 0 Å². The molecule has 0 aromatic rings. The van der Waals surface area contributed by atoms with Crippen LogP contribution in [0.1, 0.15) is 0 Å². The lowest BCUT2D eigenvalue weighted by Crippen LogP contribution is -2.28. The fraction of sp³-hybridized carbons (Fsp3) is 0.500. The van der Waals surface area contributed by atoms with Crippen molar-refractivity contribution in [2.24, 2.45) is 5.73 Å². The normalized spacial score (nSPS) is 17.1. The predicted molar refractivity (Wildman–Crippen MR) is 45.0 cm³/mol. The quantitative estimate of drug-likeness (QED) is 0.757. The Balaban J connectivity index is 2.31. The molecule has 1 rings (SSSR count). The van der Waals surface area contributed by atoms with Crippen LogP contribution in [0.5, 0.6) is 0 Å². The molecule has 2 N–H and O–H groups in total. The zero-order valence-corrected chi connectivity index (χ0v) is 7.42. The maximum Gasteiger partial charge on any atom is 0.414 e. The van der Waals surface area contributed by atoms with Crippen molar-refractivity contribution in [1.82, 2.24) is 5.06 Å². The summed E-state index contributed by atoms with van der Waals surface area (Å²) in [6.07, 6.45) is 0.482. The molecule has 1 heterocycles. The molecule has 0 aromatic carbocycles. The van der Waals surface area contributed by atoms with Gasteiger partial charge in [0.2, 0.25) is 0 Å². The monoisotopic (exact) mass is 208 g/mol. The number of halogens is 3. The van der Waals surface area contributed by atoms with E-state index in [9.17, 15) is 13.2 Å². The molecule has 0 radical (unpaired) electrons. The number of alkyl halides is 3. The van der Waals surface area contributed by atoms with Gasteiger partial charge in [0, 0.05) is 12.7 Å². The second-order valence-electron chi connectivity index (χ2n) is 2.79. The van der Waals surface area contributed by atoms with Crippen molar-refractivity contribution in [3.63, 3.8) is 0 Å². The van der Waals surface area contributed by atoms with Gasteiger partial charge in [0.15, 0.2) is 6.61 Å². The molecule has 0 bridgehead atoms. The molecule has 80 valence electrons. The van der Waals surface area contributed by atoms with E-state index >= 15 is 0 Å². The zero-order valence-electron chi connectivity index (χ0n) is 7.42. The summed E-state index contributed by atoms with van der Waals surface area (Å²) in [6.45, 7) is -0.605. The Kier molecular flexibility index (Phi) is 3.54. The first-order valence-corrected chi connectivity index (χ1v) is 4.05. The Labute approximate surface area is 79.6 Å². The minimum Gasteiger partial charge on any atom is -0.327 e. The Hall–Kier alpha value is -1.01. The lowest BCUT2D eigenvalue weighted by Gasteiger charge is -2.22. The van der Waals surface area contributed by atoms with Crippen molar-refractivity contribution in [3.8, 4) is 0 Å². The molecule has 3 nitrogen and oxygen atoms in total. The van der Waals surface area contributed by atoms with Crippen molar-refractivity contribution in [1.29, 1.82) is 0 Å². The zero-order chi connectivity index (χ0) is 10.6. The summed E-state index contributed by atoms with van der Waals surface area (Å²) in [5.74, 6) is 0. The van der Waals surface area contributed by atoms with E-state index in [2.05, 4.69) is 4.84 Å². The second-order valence-corrected chi connectivity index (χ2v) is 2.79. The lowest BCUT2D eigenvalue weighted by molar-refractivity contribution is -0.233. The van der Waals surface area contributed by atoms with Gasteiger partial charge in [-0.2, -0.15) is 13.2 Å². The third-order valence-electron chi connectivity index (χ3n) is 1.62. The molecule has 1 aliphatic heterocycles. The first-order valence-electron chi connectivity index (χ1n) is 4.05. The van der Waals surface area contributed by atoms with Gasteiger partial charge < -0.3 is 5.73 Å². The van der Waals surface area contributed by atoms with Crippen LogP contribution in [0, 0.1) is 0 Å². The second kappa shape index (κ2) is 4.47. The molecule has 0 aliphatic carbocycles. The molecule has 0 aromatic heterocycles. The fourth-order valence-corrected chi connectivity index (χ4v) is 0.918. The Morgan fingerprint density at radius 2 is 2.21 bits per heavy atom. The van der Waals surface area contributed by atoms with Gasteiger partial charge in [0.05, 0.1) is 6.54 Å². The third kappa shape index (κ3) is 3.80. The summed E-state index contributed by atoms with van der Waals surface area (Å²) >= 11 is 0. The van der Waals surface area contributed by atoms with Crippen molar-refractivity contribution in [3.05, 3.63) is 23.9 Å². The van der Waals surface area contributed by atoms with Gasteiger partial charge >= 0.3 is 6.18 Å². The average Bonchev–Trinajstić information content (AvgIpc) is 2.14. The van der Waals surface area contributed by atoms with Crippen LogP contribution in [0.3, 0.4) is 0 Å². The molecular weight excluding hydrogens is 197 g/mol. The molecule has 0 amide bonds. The minimum atomic E-state index is -4.30. The Morgan fingerprint density at radius 3 is 2.64 bits per heavy atom. The van der Waals surface area contributed by atoms with E-state index in [4.69, 9.17) is 5.73 Å². The SMILES string of the molecule is NCC1=CCN(OCC(F)(F)F)C=C1. The van der Waals surface area contributed by atoms with E-state index < -0.39 is 12.8 Å². The third-order valence-corrected chi connectivity index (χ3v) is 1.62. The first kappa shape index (κ1) is 11.1. The Bertz CT molecular complexity index is 247. The average molecular weight is 208 g/mol. The van der Waals surface area contributed by atoms with E-state index in [0.29, 0.717) is 13.1 Å².